The van der Waals surface area contributed by atoms with Crippen LogP contribution in [0.3, 0.4) is 0 Å². The van der Waals surface area contributed by atoms with Crippen LogP contribution < -0.4 is 5.43 Å². The van der Waals surface area contributed by atoms with Crippen LogP contribution in [0.4, 0.5) is 0 Å². The number of amides is 1. The summed E-state index contributed by atoms with van der Waals surface area (Å²) in [7, 11) is 0. The van der Waals surface area contributed by atoms with Gasteiger partial charge >= 0.3 is 0 Å². The molecule has 0 saturated heterocycles. The summed E-state index contributed by atoms with van der Waals surface area (Å²) in [5.41, 5.74) is 1.54. The van der Waals surface area contributed by atoms with Crippen LogP contribution >= 0.6 is 23.2 Å². The molecule has 7 heteroatoms. The largest absolute Gasteiger partial charge is 0.450 e. The molecule has 5 rings (SSSR count). The Kier molecular flexibility index (Phi) is 5.25. The van der Waals surface area contributed by atoms with E-state index in [9.17, 15) is 14.7 Å². The van der Waals surface area contributed by atoms with Gasteiger partial charge in [0.05, 0.1) is 39.7 Å². The molecule has 0 spiro atoms. The van der Waals surface area contributed by atoms with Crippen LogP contribution in [-0.4, -0.2) is 22.5 Å². The van der Waals surface area contributed by atoms with E-state index < -0.39 is 18.1 Å². The third-order valence-corrected chi connectivity index (χ3v) is 6.43. The number of rotatable bonds is 4. The molecule has 1 aliphatic rings. The van der Waals surface area contributed by atoms with E-state index in [4.69, 9.17) is 27.6 Å². The molecule has 3 aromatic carbocycles. The molecule has 1 N–H and O–H groups in total. The van der Waals surface area contributed by atoms with Crippen molar-refractivity contribution in [1.82, 2.24) is 4.90 Å². The molecule has 2 atom stereocenters. The van der Waals surface area contributed by atoms with Gasteiger partial charge in [-0.15, -0.1) is 0 Å². The second kappa shape index (κ2) is 8.10. The number of fused-ring (bicyclic) bond motifs is 2. The summed E-state index contributed by atoms with van der Waals surface area (Å²) in [5, 5.41) is 11.9. The van der Waals surface area contributed by atoms with Crippen LogP contribution in [0.1, 0.15) is 39.4 Å². The lowest BCUT2D eigenvalue weighted by Crippen LogP contribution is -2.33. The zero-order chi connectivity index (χ0) is 22.4. The van der Waals surface area contributed by atoms with Crippen molar-refractivity contribution in [3.8, 4) is 0 Å². The Labute approximate surface area is 193 Å². The Morgan fingerprint density at radius 2 is 1.66 bits per heavy atom. The second-order valence-corrected chi connectivity index (χ2v) is 8.44. The lowest BCUT2D eigenvalue weighted by Gasteiger charge is -2.27. The van der Waals surface area contributed by atoms with Crippen molar-refractivity contribution in [2.75, 3.05) is 6.54 Å². The van der Waals surface area contributed by atoms with Gasteiger partial charge < -0.3 is 14.4 Å². The van der Waals surface area contributed by atoms with E-state index in [0.29, 0.717) is 32.1 Å². The number of carbonyl (C=O) groups excluding carboxylic acids is 1. The highest BCUT2D eigenvalue weighted by Crippen LogP contribution is 2.40. The van der Waals surface area contributed by atoms with E-state index in [-0.39, 0.29) is 23.3 Å². The maximum Gasteiger partial charge on any atom is 0.291 e. The lowest BCUT2D eigenvalue weighted by atomic mass is 9.98. The lowest BCUT2D eigenvalue weighted by molar-refractivity contribution is 0.0583. The average molecular weight is 466 g/mol. The fourth-order valence-corrected chi connectivity index (χ4v) is 4.46. The monoisotopic (exact) mass is 465 g/mol. The molecule has 2 unspecified atom stereocenters. The van der Waals surface area contributed by atoms with Gasteiger partial charge in [0.2, 0.25) is 5.76 Å². The molecule has 32 heavy (non-hydrogen) atoms. The number of β-amino-alcohol motifs (C(OH)–C–C–N with tert-alkyl or cyclic N) is 1. The molecule has 1 amide bonds. The first-order valence-corrected chi connectivity index (χ1v) is 10.8. The third-order valence-electron chi connectivity index (χ3n) is 5.69. The van der Waals surface area contributed by atoms with Gasteiger partial charge in [0.1, 0.15) is 5.58 Å². The molecule has 0 saturated carbocycles. The zero-order valence-corrected chi connectivity index (χ0v) is 18.2. The van der Waals surface area contributed by atoms with Crippen molar-refractivity contribution < 1.29 is 14.3 Å². The second-order valence-electron chi connectivity index (χ2n) is 7.63. The fourth-order valence-electron chi connectivity index (χ4n) is 4.15. The van der Waals surface area contributed by atoms with Gasteiger partial charge in [-0.05, 0) is 35.4 Å². The predicted octanol–water partition coefficient (Wildman–Crippen LogP) is 5.38. The number of aliphatic hydroxyl groups excluding tert-OH is 1. The summed E-state index contributed by atoms with van der Waals surface area (Å²) in [4.78, 5) is 28.3. The predicted molar refractivity (Wildman–Crippen MR) is 123 cm³/mol. The molecular formula is C25H17Cl2NO4. The first-order chi connectivity index (χ1) is 15.5. The summed E-state index contributed by atoms with van der Waals surface area (Å²) >= 11 is 12.3. The highest BCUT2D eigenvalue weighted by atomic mass is 35.5. The van der Waals surface area contributed by atoms with Crippen molar-refractivity contribution in [3.63, 3.8) is 0 Å². The summed E-state index contributed by atoms with van der Waals surface area (Å²) in [6.45, 7) is -0.0340. The van der Waals surface area contributed by atoms with Crippen molar-refractivity contribution in [2.24, 2.45) is 0 Å². The van der Waals surface area contributed by atoms with Gasteiger partial charge in [-0.3, -0.25) is 9.59 Å². The summed E-state index contributed by atoms with van der Waals surface area (Å²) < 4.78 is 5.89. The topological polar surface area (TPSA) is 70.8 Å². The van der Waals surface area contributed by atoms with Crippen molar-refractivity contribution >= 4 is 40.1 Å². The normalized spacial score (nSPS) is 16.4. The number of aliphatic hydroxyl groups is 1. The smallest absolute Gasteiger partial charge is 0.291 e. The Hall–Kier alpha value is -3.12. The molecule has 5 nitrogen and oxygen atoms in total. The minimum atomic E-state index is -0.954. The van der Waals surface area contributed by atoms with Crippen molar-refractivity contribution in [1.29, 1.82) is 0 Å². The van der Waals surface area contributed by atoms with E-state index in [1.165, 1.54) is 4.90 Å². The van der Waals surface area contributed by atoms with E-state index in [1.807, 2.05) is 18.2 Å². The van der Waals surface area contributed by atoms with Gasteiger partial charge in [-0.2, -0.15) is 0 Å². The van der Waals surface area contributed by atoms with Crippen LogP contribution in [0.5, 0.6) is 0 Å². The van der Waals surface area contributed by atoms with Crippen LogP contribution in [0.25, 0.3) is 11.0 Å². The third kappa shape index (κ3) is 3.39. The molecular weight excluding hydrogens is 449 g/mol. The van der Waals surface area contributed by atoms with E-state index in [2.05, 4.69) is 0 Å². The zero-order valence-electron chi connectivity index (χ0n) is 16.7. The first kappa shape index (κ1) is 20.8. The molecule has 0 radical (unpaired) electrons. The molecule has 0 aliphatic carbocycles. The molecule has 2 heterocycles. The van der Waals surface area contributed by atoms with Gasteiger partial charge in [0.15, 0.2) is 5.43 Å². The number of nitrogens with zero attached hydrogens (tertiary/aromatic N) is 1. The number of carbonyl (C=O) groups is 1. The molecule has 160 valence electrons. The molecule has 1 aromatic heterocycles. The summed E-state index contributed by atoms with van der Waals surface area (Å²) in [5.74, 6) is -0.487. The van der Waals surface area contributed by atoms with Gasteiger partial charge in [-0.25, -0.2) is 0 Å². The fraction of sp³-hybridized carbons (Fsp3) is 0.120. The highest BCUT2D eigenvalue weighted by Gasteiger charge is 2.43. The SMILES string of the molecule is O=C1c2oc3ccccc3c(=O)c2C(c2ccc(Cl)c(Cl)c2)N1CC(O)c1ccccc1. The van der Waals surface area contributed by atoms with E-state index >= 15 is 0 Å². The van der Waals surface area contributed by atoms with E-state index in [1.54, 1.807) is 54.6 Å². The van der Waals surface area contributed by atoms with Crippen LogP contribution in [0.15, 0.2) is 82.0 Å². The van der Waals surface area contributed by atoms with Gasteiger partial charge in [0, 0.05) is 0 Å². The quantitative estimate of drug-likeness (QED) is 0.439. The number of para-hydroxylation sites is 1. The summed E-state index contributed by atoms with van der Waals surface area (Å²) in [6, 6.07) is 20.0. The molecule has 0 fully saturated rings. The minimum Gasteiger partial charge on any atom is -0.450 e. The average Bonchev–Trinajstić information content (AvgIpc) is 3.08. The number of hydrogen-bond acceptors (Lipinski definition) is 4. The Morgan fingerprint density at radius 1 is 0.938 bits per heavy atom. The van der Waals surface area contributed by atoms with Gasteiger partial charge in [-0.1, -0.05) is 71.7 Å². The highest BCUT2D eigenvalue weighted by molar-refractivity contribution is 6.42. The van der Waals surface area contributed by atoms with Crippen LogP contribution in [0, 0.1) is 0 Å². The number of benzene rings is 3. The molecule has 0 bridgehead atoms. The van der Waals surface area contributed by atoms with Crippen LogP contribution in [0.2, 0.25) is 10.0 Å². The number of hydrogen-bond donors (Lipinski definition) is 1. The van der Waals surface area contributed by atoms with Crippen LogP contribution in [-0.2, 0) is 0 Å². The molecule has 4 aromatic rings. The van der Waals surface area contributed by atoms with Crippen molar-refractivity contribution in [2.45, 2.75) is 12.1 Å². The Bertz CT molecular complexity index is 1400. The standard InChI is InChI=1S/C25H17Cl2NO4/c26-17-11-10-15(12-18(17)27)22-21-23(30)16-8-4-5-9-20(16)32-24(21)25(31)28(22)13-19(29)14-6-2-1-3-7-14/h1-12,19,22,29H,13H2. The van der Waals surface area contributed by atoms with Crippen molar-refractivity contribution in [3.05, 3.63) is 116 Å². The summed E-state index contributed by atoms with van der Waals surface area (Å²) in [6.07, 6.45) is -0.954. The Morgan fingerprint density at radius 3 is 2.41 bits per heavy atom. The van der Waals surface area contributed by atoms with E-state index in [0.717, 1.165) is 0 Å². The van der Waals surface area contributed by atoms with Gasteiger partial charge in [0.25, 0.3) is 5.91 Å². The maximum absolute atomic E-state index is 13.4. The number of halogens is 2. The maximum atomic E-state index is 13.4. The Balaban J connectivity index is 1.68. The first-order valence-electron chi connectivity index (χ1n) is 10.0. The minimum absolute atomic E-state index is 0.0231. The molecule has 1 aliphatic heterocycles.